The minimum Gasteiger partial charge on any atom is -0.507 e. The van der Waals surface area contributed by atoms with E-state index in [1.165, 1.54) is 12.1 Å². The molecule has 1 aromatic heterocycles. The Morgan fingerprint density at radius 2 is 1.92 bits per heavy atom. The molecule has 7 rings (SSSR count). The molecule has 51 heavy (non-hydrogen) atoms. The lowest BCUT2D eigenvalue weighted by Gasteiger charge is -2.36. The number of phenols is 1. The van der Waals surface area contributed by atoms with E-state index in [9.17, 15) is 27.9 Å². The molecule has 15 heteroatoms. The van der Waals surface area contributed by atoms with Crippen LogP contribution in [0.4, 0.5) is 19.0 Å². The number of halogens is 3. The van der Waals surface area contributed by atoms with Crippen molar-refractivity contribution in [3.8, 4) is 17.2 Å². The molecule has 1 unspecified atom stereocenters. The van der Waals surface area contributed by atoms with Gasteiger partial charge in [-0.15, -0.1) is 10.0 Å². The number of aromatic hydroxyl groups is 1. The van der Waals surface area contributed by atoms with E-state index >= 15 is 0 Å². The molecule has 2 amide bonds. The van der Waals surface area contributed by atoms with Gasteiger partial charge in [-0.25, -0.2) is 4.98 Å². The summed E-state index contributed by atoms with van der Waals surface area (Å²) in [5.74, 6) is 0.318. The summed E-state index contributed by atoms with van der Waals surface area (Å²) in [4.78, 5) is 41.2. The van der Waals surface area contributed by atoms with Gasteiger partial charge < -0.3 is 24.8 Å². The van der Waals surface area contributed by atoms with Crippen molar-refractivity contribution in [1.82, 2.24) is 15.3 Å². The monoisotopic (exact) mass is 702 g/mol. The van der Waals surface area contributed by atoms with Crippen molar-refractivity contribution < 1.29 is 41.9 Å². The summed E-state index contributed by atoms with van der Waals surface area (Å²) in [7, 11) is 3.14. The van der Waals surface area contributed by atoms with Gasteiger partial charge in [-0.1, -0.05) is 6.07 Å². The average molecular weight is 703 g/mol. The van der Waals surface area contributed by atoms with E-state index in [4.69, 9.17) is 14.5 Å². The molecule has 2 aromatic carbocycles. The Kier molecular flexibility index (Phi) is 8.85. The number of hydrogen-bond donors (Lipinski definition) is 3. The number of phenolic OH excluding ortho intramolecular Hbond substituents is 1. The quantitative estimate of drug-likeness (QED) is 0.250. The second kappa shape index (κ2) is 13.3. The van der Waals surface area contributed by atoms with E-state index in [-0.39, 0.29) is 46.1 Å². The molecule has 3 N–H and O–H groups in total. The lowest BCUT2D eigenvalue weighted by molar-refractivity contribution is -0.791. The molecule has 2 saturated heterocycles. The number of aliphatic imine (C=N–C) groups is 2. The lowest BCUT2D eigenvalue weighted by Crippen LogP contribution is -2.56. The SMILES string of the molecule is COc1ccc(CN[N+]23C=CN=CC2=C([C@@H]2CC[C@H]4CCC(=O)N4C2)N=C3c2ccc(C(=O)Nc3cc(C(F)(F)F)ccn3)cc2O)c(OC)c1. The van der Waals surface area contributed by atoms with Crippen LogP contribution in [0.5, 0.6) is 17.2 Å². The number of pyridine rings is 1. The van der Waals surface area contributed by atoms with Crippen molar-refractivity contribution in [2.45, 2.75) is 44.4 Å². The topological polar surface area (TPSA) is 138 Å². The fourth-order valence-electron chi connectivity index (χ4n) is 7.09. The first kappa shape index (κ1) is 33.9. The summed E-state index contributed by atoms with van der Waals surface area (Å²) in [5.41, 5.74) is 5.18. The van der Waals surface area contributed by atoms with Gasteiger partial charge in [0.25, 0.3) is 11.7 Å². The molecule has 4 aliphatic heterocycles. The molecule has 0 saturated carbocycles. The molecule has 0 radical (unpaired) electrons. The van der Waals surface area contributed by atoms with Crippen molar-refractivity contribution in [3.63, 3.8) is 0 Å². The zero-order chi connectivity index (χ0) is 35.9. The molecule has 3 atom stereocenters. The predicted octanol–water partition coefficient (Wildman–Crippen LogP) is 5.53. The van der Waals surface area contributed by atoms with Crippen molar-refractivity contribution in [2.75, 3.05) is 26.1 Å². The molecule has 264 valence electrons. The van der Waals surface area contributed by atoms with E-state index in [1.54, 1.807) is 38.8 Å². The smallest absolute Gasteiger partial charge is 0.416 e. The number of carbonyl (C=O) groups excluding carboxylic acids is 2. The summed E-state index contributed by atoms with van der Waals surface area (Å²) in [6.45, 7) is 0.793. The number of amides is 2. The highest BCUT2D eigenvalue weighted by atomic mass is 19.4. The van der Waals surface area contributed by atoms with Crippen LogP contribution in [-0.2, 0) is 17.5 Å². The first-order valence-electron chi connectivity index (χ1n) is 16.4. The Labute approximate surface area is 291 Å². The van der Waals surface area contributed by atoms with E-state index in [2.05, 4.69) is 20.7 Å². The van der Waals surface area contributed by atoms with Gasteiger partial charge in [-0.05, 0) is 55.7 Å². The van der Waals surface area contributed by atoms with E-state index in [1.807, 2.05) is 23.2 Å². The van der Waals surface area contributed by atoms with Gasteiger partial charge in [-0.2, -0.15) is 18.2 Å². The number of ether oxygens (including phenoxy) is 2. The summed E-state index contributed by atoms with van der Waals surface area (Å²) in [5, 5.41) is 13.8. The number of allylic oxidation sites excluding steroid dienone is 1. The Balaban J connectivity index is 1.24. The molecular formula is C36H35F3N7O5+. The van der Waals surface area contributed by atoms with E-state index < -0.39 is 17.6 Å². The van der Waals surface area contributed by atoms with Crippen LogP contribution in [0.25, 0.3) is 0 Å². The van der Waals surface area contributed by atoms with Gasteiger partial charge in [0, 0.05) is 48.3 Å². The number of fused-ring (bicyclic) bond motifs is 2. The number of rotatable bonds is 9. The first-order valence-corrected chi connectivity index (χ1v) is 16.4. The Bertz CT molecular complexity index is 2030. The van der Waals surface area contributed by atoms with Gasteiger partial charge >= 0.3 is 6.18 Å². The summed E-state index contributed by atoms with van der Waals surface area (Å²) < 4.78 is 50.6. The third-order valence-corrected chi connectivity index (χ3v) is 9.72. The molecule has 12 nitrogen and oxygen atoms in total. The van der Waals surface area contributed by atoms with Crippen LogP contribution < -0.4 is 20.2 Å². The Hall–Kier alpha value is -5.54. The summed E-state index contributed by atoms with van der Waals surface area (Å²) in [6.07, 6.45) is 4.54. The minimum absolute atomic E-state index is 0.00781. The Morgan fingerprint density at radius 1 is 1.08 bits per heavy atom. The van der Waals surface area contributed by atoms with Crippen LogP contribution in [-0.4, -0.2) is 70.3 Å². The number of methoxy groups -OCH3 is 2. The zero-order valence-corrected chi connectivity index (χ0v) is 27.8. The molecule has 5 heterocycles. The third-order valence-electron chi connectivity index (χ3n) is 9.72. The van der Waals surface area contributed by atoms with Gasteiger partial charge in [0.15, 0.2) is 0 Å². The number of nitrogens with zero attached hydrogens (tertiary/aromatic N) is 5. The number of alkyl halides is 3. The van der Waals surface area contributed by atoms with Gasteiger partial charge in [0.2, 0.25) is 11.6 Å². The molecule has 0 spiro atoms. The van der Waals surface area contributed by atoms with Crippen molar-refractivity contribution in [1.29, 1.82) is 0 Å². The number of carbonyl (C=O) groups is 2. The molecule has 3 aromatic rings. The number of nitrogens with one attached hydrogen (secondary N) is 2. The van der Waals surface area contributed by atoms with Crippen LogP contribution in [0.15, 0.2) is 88.5 Å². The number of amidine groups is 1. The standard InChI is InChI=1S/C36H34F3N7O5/c1-50-26-8-4-22(30(17-26)51-2)18-42-46-14-13-40-19-28(46)33(23-3-6-25-7-10-32(48)45(25)20-23)44-34(46)27-9-5-21(15-29(27)47)35(49)43-31-16-24(11-12-41-31)36(37,38)39/h4-5,8-9,11-17,19,23,25,42H,3,6-7,10,18,20H2,1-2H3,(H-,40,41,43,44,47,49)/p+1/t23-,25+,46?/m1/s1. The van der Waals surface area contributed by atoms with Crippen LogP contribution >= 0.6 is 0 Å². The van der Waals surface area contributed by atoms with Crippen LogP contribution in [0.2, 0.25) is 0 Å². The molecular weight excluding hydrogens is 667 g/mol. The van der Waals surface area contributed by atoms with E-state index in [0.717, 1.165) is 48.9 Å². The maximum atomic E-state index is 13.2. The maximum Gasteiger partial charge on any atom is 0.416 e. The fraction of sp³-hybridized carbons (Fsp3) is 0.306. The lowest BCUT2D eigenvalue weighted by atomic mass is 9.90. The highest BCUT2D eigenvalue weighted by Crippen LogP contribution is 2.43. The minimum atomic E-state index is -4.61. The van der Waals surface area contributed by atoms with Crippen molar-refractivity contribution >= 4 is 29.7 Å². The van der Waals surface area contributed by atoms with Gasteiger partial charge in [0.1, 0.15) is 40.5 Å². The van der Waals surface area contributed by atoms with Gasteiger partial charge in [-0.3, -0.25) is 14.6 Å². The van der Waals surface area contributed by atoms with Gasteiger partial charge in [0.05, 0.1) is 38.7 Å². The highest BCUT2D eigenvalue weighted by Gasteiger charge is 2.50. The number of anilines is 1. The molecule has 0 aliphatic carbocycles. The van der Waals surface area contributed by atoms with Crippen molar-refractivity contribution in [2.24, 2.45) is 15.9 Å². The van der Waals surface area contributed by atoms with Crippen molar-refractivity contribution in [3.05, 3.63) is 101 Å². The largest absolute Gasteiger partial charge is 0.507 e. The second-order valence-electron chi connectivity index (χ2n) is 12.6. The third kappa shape index (κ3) is 6.34. The number of piperidine rings is 1. The normalized spacial score (nSPS) is 22.5. The van der Waals surface area contributed by atoms with Crippen LogP contribution in [0, 0.1) is 5.92 Å². The number of quaternary nitrogens is 1. The fourth-order valence-corrected chi connectivity index (χ4v) is 7.09. The number of aromatic nitrogens is 1. The van der Waals surface area contributed by atoms with Crippen LogP contribution in [0.3, 0.4) is 0 Å². The predicted molar refractivity (Wildman–Crippen MR) is 181 cm³/mol. The Morgan fingerprint density at radius 3 is 2.69 bits per heavy atom. The molecule has 0 bridgehead atoms. The second-order valence-corrected chi connectivity index (χ2v) is 12.6. The average Bonchev–Trinajstić information content (AvgIpc) is 3.67. The summed E-state index contributed by atoms with van der Waals surface area (Å²) >= 11 is 0. The summed E-state index contributed by atoms with van der Waals surface area (Å²) in [6, 6.07) is 11.5. The first-order chi connectivity index (χ1) is 24.5. The highest BCUT2D eigenvalue weighted by molar-refractivity contribution is 6.06. The van der Waals surface area contributed by atoms with E-state index in [0.29, 0.717) is 41.6 Å². The van der Waals surface area contributed by atoms with Crippen LogP contribution in [0.1, 0.15) is 52.7 Å². The number of benzene rings is 2. The maximum absolute atomic E-state index is 13.2. The zero-order valence-electron chi connectivity index (χ0n) is 27.8. The molecule has 4 aliphatic rings. The number of hydrogen-bond acceptors (Lipinski definition) is 9. The molecule has 2 fully saturated rings.